The lowest BCUT2D eigenvalue weighted by Gasteiger charge is -2.23. The SMILES string of the molecule is CCC[N+]#CCC1CC1(NC(O)OC)c1cccc(NO)c1. The average Bonchev–Trinajstić information content (AvgIpc) is 3.25. The van der Waals surface area contributed by atoms with Gasteiger partial charge in [0.1, 0.15) is 0 Å². The first-order chi connectivity index (χ1) is 10.7. The molecule has 3 unspecified atom stereocenters. The number of ether oxygens (including phenoxy) is 1. The number of anilines is 1. The molecule has 0 aromatic heterocycles. The van der Waals surface area contributed by atoms with Crippen LogP contribution >= 0.6 is 0 Å². The van der Waals surface area contributed by atoms with Crippen LogP contribution in [0.15, 0.2) is 24.3 Å². The van der Waals surface area contributed by atoms with Crippen LogP contribution in [0.4, 0.5) is 5.69 Å². The molecule has 1 aromatic carbocycles. The summed E-state index contributed by atoms with van der Waals surface area (Å²) in [6.45, 7) is 2.87. The van der Waals surface area contributed by atoms with Crippen LogP contribution in [0.3, 0.4) is 0 Å². The third-order valence-corrected chi connectivity index (χ3v) is 4.00. The average molecular weight is 306 g/mol. The number of rotatable bonds is 7. The van der Waals surface area contributed by atoms with Crippen LogP contribution in [-0.2, 0) is 10.3 Å². The van der Waals surface area contributed by atoms with Gasteiger partial charge in [-0.25, -0.2) is 0 Å². The largest absolute Gasteiger partial charge is 0.356 e. The number of nitrogens with zero attached hydrogens (tertiary/aromatic N) is 1. The molecule has 0 spiro atoms. The van der Waals surface area contributed by atoms with Crippen LogP contribution in [0, 0.1) is 12.0 Å². The van der Waals surface area contributed by atoms with Crippen molar-refractivity contribution in [3.8, 4) is 6.07 Å². The van der Waals surface area contributed by atoms with E-state index in [2.05, 4.69) is 28.6 Å². The predicted molar refractivity (Wildman–Crippen MR) is 84.8 cm³/mol. The van der Waals surface area contributed by atoms with Crippen molar-refractivity contribution in [1.82, 2.24) is 5.32 Å². The number of aliphatic hydroxyl groups is 1. The fourth-order valence-corrected chi connectivity index (χ4v) is 2.70. The molecular weight excluding hydrogens is 282 g/mol. The molecule has 2 rings (SSSR count). The molecule has 22 heavy (non-hydrogen) atoms. The third-order valence-electron chi connectivity index (χ3n) is 4.00. The van der Waals surface area contributed by atoms with Crippen molar-refractivity contribution < 1.29 is 15.1 Å². The Bertz CT molecular complexity index is 555. The van der Waals surface area contributed by atoms with Gasteiger partial charge in [0.25, 0.3) is 12.6 Å². The fraction of sp³-hybridized carbons (Fsp3) is 0.562. The lowest BCUT2D eigenvalue weighted by atomic mass is 10.0. The monoisotopic (exact) mass is 306 g/mol. The van der Waals surface area contributed by atoms with Crippen LogP contribution in [0.2, 0.25) is 0 Å². The van der Waals surface area contributed by atoms with Gasteiger partial charge in [-0.1, -0.05) is 23.9 Å². The van der Waals surface area contributed by atoms with E-state index >= 15 is 0 Å². The zero-order valence-corrected chi connectivity index (χ0v) is 13.0. The highest BCUT2D eigenvalue weighted by Crippen LogP contribution is 2.54. The van der Waals surface area contributed by atoms with Crippen LogP contribution in [-0.4, -0.2) is 30.4 Å². The van der Waals surface area contributed by atoms with Gasteiger partial charge < -0.3 is 9.84 Å². The third kappa shape index (κ3) is 3.76. The number of nitrogens with one attached hydrogen (secondary N) is 2. The van der Waals surface area contributed by atoms with Crippen molar-refractivity contribution in [2.24, 2.45) is 5.92 Å². The predicted octanol–water partition coefficient (Wildman–Crippen LogP) is 2.35. The number of methoxy groups -OCH3 is 1. The molecule has 0 radical (unpaired) electrons. The highest BCUT2D eigenvalue weighted by Gasteiger charge is 2.56. The molecule has 120 valence electrons. The molecule has 3 atom stereocenters. The number of hydrogen-bond donors (Lipinski definition) is 4. The van der Waals surface area contributed by atoms with Crippen LogP contribution in [0.1, 0.15) is 31.7 Å². The maximum Gasteiger partial charge on any atom is 0.273 e. The first-order valence-electron chi connectivity index (χ1n) is 7.55. The van der Waals surface area contributed by atoms with Crippen molar-refractivity contribution in [1.29, 1.82) is 0 Å². The summed E-state index contributed by atoms with van der Waals surface area (Å²) in [6, 6.07) is 10.6. The van der Waals surface area contributed by atoms with E-state index in [9.17, 15) is 5.11 Å². The lowest BCUT2D eigenvalue weighted by Crippen LogP contribution is -2.40. The molecule has 1 saturated carbocycles. The van der Waals surface area contributed by atoms with Gasteiger partial charge >= 0.3 is 0 Å². The second kappa shape index (κ2) is 7.56. The summed E-state index contributed by atoms with van der Waals surface area (Å²) in [4.78, 5) is 4.24. The first kappa shape index (κ1) is 16.7. The number of aliphatic hydroxyl groups excluding tert-OH is 1. The summed E-state index contributed by atoms with van der Waals surface area (Å²) in [5, 5.41) is 22.0. The van der Waals surface area contributed by atoms with E-state index in [0.29, 0.717) is 5.69 Å². The van der Waals surface area contributed by atoms with Crippen LogP contribution in [0.5, 0.6) is 0 Å². The van der Waals surface area contributed by atoms with E-state index in [1.807, 2.05) is 18.2 Å². The van der Waals surface area contributed by atoms with Gasteiger partial charge in [-0.3, -0.25) is 16.0 Å². The smallest absolute Gasteiger partial charge is 0.273 e. The van der Waals surface area contributed by atoms with E-state index in [1.165, 1.54) is 7.11 Å². The van der Waals surface area contributed by atoms with Crippen molar-refractivity contribution in [3.05, 3.63) is 34.7 Å². The molecule has 4 N–H and O–H groups in total. The minimum Gasteiger partial charge on any atom is -0.356 e. The van der Waals surface area contributed by atoms with Gasteiger partial charge in [-0.15, -0.1) is 0 Å². The summed E-state index contributed by atoms with van der Waals surface area (Å²) < 4.78 is 4.93. The Labute approximate surface area is 130 Å². The van der Waals surface area contributed by atoms with Crippen LogP contribution < -0.4 is 10.8 Å². The lowest BCUT2D eigenvalue weighted by molar-refractivity contribution is -0.107. The van der Waals surface area contributed by atoms with Crippen molar-refractivity contribution >= 4 is 5.69 Å². The molecule has 6 heteroatoms. The molecule has 1 fully saturated rings. The molecule has 0 saturated heterocycles. The number of benzene rings is 1. The van der Waals surface area contributed by atoms with Crippen LogP contribution in [0.25, 0.3) is 4.85 Å². The van der Waals surface area contributed by atoms with Crippen molar-refractivity contribution in [2.75, 3.05) is 19.1 Å². The molecular formula is C16H24N3O3+. The summed E-state index contributed by atoms with van der Waals surface area (Å²) in [7, 11) is 1.45. The van der Waals surface area contributed by atoms with Gasteiger partial charge in [0.15, 0.2) is 0 Å². The van der Waals surface area contributed by atoms with E-state index in [-0.39, 0.29) is 11.5 Å². The highest BCUT2D eigenvalue weighted by molar-refractivity contribution is 5.48. The maximum absolute atomic E-state index is 9.81. The second-order valence-electron chi connectivity index (χ2n) is 5.54. The molecule has 1 aromatic rings. The Balaban J connectivity index is 2.16. The van der Waals surface area contributed by atoms with Gasteiger partial charge in [-0.05, 0) is 24.1 Å². The number of hydrogen-bond acceptors (Lipinski definition) is 5. The van der Waals surface area contributed by atoms with Crippen molar-refractivity contribution in [2.45, 2.75) is 38.1 Å². The Hall–Kier alpha value is -1.65. The minimum atomic E-state index is -1.04. The standard InChI is InChI=1S/C16H24N3O3/c1-3-8-17-9-7-13-11-16(13,18-15(20)22-2)12-5-4-6-14(10-12)19-21/h4-6,10,13,15,18-21H,3,7-8,11H2,1-2H3/q+1. The normalized spacial score (nSPS) is 24.3. The Morgan fingerprint density at radius 1 is 1.55 bits per heavy atom. The molecule has 1 aliphatic carbocycles. The molecule has 6 nitrogen and oxygen atoms in total. The Kier molecular flexibility index (Phi) is 5.75. The molecule has 0 amide bonds. The zero-order valence-electron chi connectivity index (χ0n) is 13.0. The maximum atomic E-state index is 9.81. The summed E-state index contributed by atoms with van der Waals surface area (Å²) >= 11 is 0. The quantitative estimate of drug-likeness (QED) is 0.459. The van der Waals surface area contributed by atoms with E-state index < -0.39 is 6.41 Å². The van der Waals surface area contributed by atoms with Gasteiger partial charge in [0.05, 0.1) is 17.6 Å². The minimum absolute atomic E-state index is 0.284. The fourth-order valence-electron chi connectivity index (χ4n) is 2.70. The Morgan fingerprint density at radius 2 is 2.36 bits per heavy atom. The van der Waals surface area contributed by atoms with Gasteiger partial charge in [0.2, 0.25) is 6.41 Å². The van der Waals surface area contributed by atoms with E-state index in [1.54, 1.807) is 6.07 Å². The molecule has 1 aliphatic rings. The van der Waals surface area contributed by atoms with Gasteiger partial charge in [0, 0.05) is 19.4 Å². The Morgan fingerprint density at radius 3 is 3.05 bits per heavy atom. The van der Waals surface area contributed by atoms with Crippen molar-refractivity contribution in [3.63, 3.8) is 0 Å². The molecule has 0 heterocycles. The van der Waals surface area contributed by atoms with E-state index in [0.717, 1.165) is 31.4 Å². The first-order valence-corrected chi connectivity index (χ1v) is 7.55. The summed E-state index contributed by atoms with van der Waals surface area (Å²) in [5.41, 5.74) is 3.38. The summed E-state index contributed by atoms with van der Waals surface area (Å²) in [6.07, 6.45) is 1.55. The topological polar surface area (TPSA) is 78.1 Å². The van der Waals surface area contributed by atoms with Gasteiger partial charge in [-0.2, -0.15) is 0 Å². The highest BCUT2D eigenvalue weighted by atomic mass is 16.6. The molecule has 0 aliphatic heterocycles. The van der Waals surface area contributed by atoms with E-state index in [4.69, 9.17) is 9.94 Å². The zero-order chi connectivity index (χ0) is 16.0. The second-order valence-corrected chi connectivity index (χ2v) is 5.54. The molecule has 0 bridgehead atoms. The summed E-state index contributed by atoms with van der Waals surface area (Å²) in [5.74, 6) is 0.284.